The Morgan fingerprint density at radius 3 is 2.32 bits per heavy atom. The summed E-state index contributed by atoms with van der Waals surface area (Å²) in [5, 5.41) is 4.94. The lowest BCUT2D eigenvalue weighted by atomic mass is 10.0. The van der Waals surface area contributed by atoms with Gasteiger partial charge in [-0.3, -0.25) is 0 Å². The number of nitrogens with zero attached hydrogens (tertiary/aromatic N) is 1. The van der Waals surface area contributed by atoms with Gasteiger partial charge in [0.05, 0.1) is 11.0 Å². The van der Waals surface area contributed by atoms with Crippen LogP contribution < -0.4 is 0 Å². The van der Waals surface area contributed by atoms with Gasteiger partial charge in [0.2, 0.25) is 0 Å². The van der Waals surface area contributed by atoms with Crippen molar-refractivity contribution in [2.24, 2.45) is 0 Å². The summed E-state index contributed by atoms with van der Waals surface area (Å²) in [6.07, 6.45) is 0. The molecule has 0 aliphatic rings. The molecule has 5 rings (SSSR count). The van der Waals surface area contributed by atoms with Crippen LogP contribution in [0.4, 0.5) is 0 Å². The monoisotopic (exact) mass is 434 g/mol. The number of hydrogen-bond donors (Lipinski definition) is 1. The molecule has 0 unspecified atom stereocenters. The number of nitrogens with one attached hydrogen (secondary N) is 1. The second kappa shape index (κ2) is 5.56. The number of hydrogen-bond acceptors (Lipinski definition) is 1. The highest BCUT2D eigenvalue weighted by molar-refractivity contribution is 14.1. The van der Waals surface area contributed by atoms with E-state index in [1.807, 2.05) is 0 Å². The molecule has 0 fully saturated rings. The largest absolute Gasteiger partial charge is 0.337 e. The number of halogens is 1. The number of rotatable bonds is 1. The van der Waals surface area contributed by atoms with Crippen LogP contribution in [0.2, 0.25) is 0 Å². The standard InChI is InChI=1S/C22H15IN2/c1-13-6-8-14(9-7-13)22-24-20-18-5-3-2-4-16(18)17-11-10-15(23)12-19(17)21(20)25-22/h2-12H,1H3,(H,24,25). The number of fused-ring (bicyclic) bond motifs is 6. The van der Waals surface area contributed by atoms with Gasteiger partial charge in [0.1, 0.15) is 5.82 Å². The Hall–Kier alpha value is -2.40. The van der Waals surface area contributed by atoms with Gasteiger partial charge in [0.15, 0.2) is 0 Å². The maximum atomic E-state index is 4.97. The first-order chi connectivity index (χ1) is 12.2. The van der Waals surface area contributed by atoms with Crippen LogP contribution >= 0.6 is 22.6 Å². The highest BCUT2D eigenvalue weighted by atomic mass is 127. The molecule has 3 heteroatoms. The molecule has 0 aliphatic heterocycles. The summed E-state index contributed by atoms with van der Waals surface area (Å²) in [5.41, 5.74) is 4.53. The Labute approximate surface area is 159 Å². The van der Waals surface area contributed by atoms with Crippen molar-refractivity contribution in [2.75, 3.05) is 0 Å². The molecule has 0 saturated heterocycles. The number of imidazole rings is 1. The van der Waals surface area contributed by atoms with Gasteiger partial charge in [-0.2, -0.15) is 0 Å². The number of benzene rings is 4. The van der Waals surface area contributed by atoms with E-state index in [9.17, 15) is 0 Å². The van der Waals surface area contributed by atoms with E-state index in [0.29, 0.717) is 0 Å². The fraction of sp³-hybridized carbons (Fsp3) is 0.0455. The second-order valence-electron chi connectivity index (χ2n) is 6.41. The number of aromatic amines is 1. The maximum Gasteiger partial charge on any atom is 0.138 e. The van der Waals surface area contributed by atoms with Crippen molar-refractivity contribution in [3.05, 3.63) is 75.9 Å². The van der Waals surface area contributed by atoms with E-state index in [4.69, 9.17) is 4.98 Å². The van der Waals surface area contributed by atoms with E-state index >= 15 is 0 Å². The Morgan fingerprint density at radius 1 is 0.800 bits per heavy atom. The summed E-state index contributed by atoms with van der Waals surface area (Å²) >= 11 is 2.37. The van der Waals surface area contributed by atoms with Crippen LogP contribution in [0.5, 0.6) is 0 Å². The minimum absolute atomic E-state index is 0.923. The third kappa shape index (κ3) is 2.34. The highest BCUT2D eigenvalue weighted by Gasteiger charge is 2.13. The Kier molecular flexibility index (Phi) is 3.31. The van der Waals surface area contributed by atoms with Gasteiger partial charge >= 0.3 is 0 Å². The summed E-state index contributed by atoms with van der Waals surface area (Å²) < 4.78 is 1.22. The molecule has 2 nitrogen and oxygen atoms in total. The summed E-state index contributed by atoms with van der Waals surface area (Å²) in [6, 6.07) is 23.7. The van der Waals surface area contributed by atoms with Crippen molar-refractivity contribution in [3.8, 4) is 11.4 Å². The van der Waals surface area contributed by atoms with Crippen LogP contribution in [0.25, 0.3) is 44.0 Å². The molecule has 0 aliphatic carbocycles. The summed E-state index contributed by atoms with van der Waals surface area (Å²) in [6.45, 7) is 2.10. The van der Waals surface area contributed by atoms with Gasteiger partial charge in [-0.05, 0) is 52.4 Å². The number of aromatic nitrogens is 2. The lowest BCUT2D eigenvalue weighted by Crippen LogP contribution is -1.83. The second-order valence-corrected chi connectivity index (χ2v) is 7.66. The minimum atomic E-state index is 0.923. The van der Waals surface area contributed by atoms with Gasteiger partial charge in [0, 0.05) is 19.9 Å². The van der Waals surface area contributed by atoms with E-state index in [2.05, 4.69) is 101 Å². The van der Waals surface area contributed by atoms with Crippen LogP contribution in [-0.4, -0.2) is 9.97 Å². The highest BCUT2D eigenvalue weighted by Crippen LogP contribution is 2.35. The van der Waals surface area contributed by atoms with Crippen LogP contribution in [0.1, 0.15) is 5.56 Å². The Balaban J connectivity index is 1.94. The van der Waals surface area contributed by atoms with Crippen LogP contribution in [0.15, 0.2) is 66.7 Å². The zero-order valence-corrected chi connectivity index (χ0v) is 15.8. The molecule has 1 heterocycles. The van der Waals surface area contributed by atoms with Gasteiger partial charge < -0.3 is 4.98 Å². The van der Waals surface area contributed by atoms with Crippen molar-refractivity contribution in [2.45, 2.75) is 6.92 Å². The van der Waals surface area contributed by atoms with Crippen molar-refractivity contribution in [1.29, 1.82) is 0 Å². The molecule has 120 valence electrons. The SMILES string of the molecule is Cc1ccc(-c2nc3c4cc(I)ccc4c4ccccc4c3[nH]2)cc1. The van der Waals surface area contributed by atoms with E-state index in [-0.39, 0.29) is 0 Å². The molecule has 25 heavy (non-hydrogen) atoms. The first kappa shape index (κ1) is 14.9. The van der Waals surface area contributed by atoms with Gasteiger partial charge in [-0.1, -0.05) is 60.2 Å². The lowest BCUT2D eigenvalue weighted by molar-refractivity contribution is 1.33. The molecule has 0 saturated carbocycles. The molecule has 5 aromatic rings. The summed E-state index contributed by atoms with van der Waals surface area (Å²) in [7, 11) is 0. The smallest absolute Gasteiger partial charge is 0.138 e. The lowest BCUT2D eigenvalue weighted by Gasteiger charge is -2.06. The zero-order valence-electron chi connectivity index (χ0n) is 13.7. The van der Waals surface area contributed by atoms with Crippen molar-refractivity contribution in [3.63, 3.8) is 0 Å². The zero-order chi connectivity index (χ0) is 17.0. The average Bonchev–Trinajstić information content (AvgIpc) is 3.08. The Bertz CT molecular complexity index is 1250. The minimum Gasteiger partial charge on any atom is -0.337 e. The van der Waals surface area contributed by atoms with Gasteiger partial charge in [0.25, 0.3) is 0 Å². The topological polar surface area (TPSA) is 28.7 Å². The normalized spacial score (nSPS) is 11.6. The van der Waals surface area contributed by atoms with E-state index in [1.54, 1.807) is 0 Å². The molecule has 0 amide bonds. The fourth-order valence-electron chi connectivity index (χ4n) is 3.49. The number of aryl methyl sites for hydroxylation is 1. The fourth-order valence-corrected chi connectivity index (χ4v) is 3.99. The van der Waals surface area contributed by atoms with Crippen molar-refractivity contribution in [1.82, 2.24) is 9.97 Å². The molecule has 0 spiro atoms. The van der Waals surface area contributed by atoms with Crippen molar-refractivity contribution >= 4 is 55.2 Å². The predicted molar refractivity (Wildman–Crippen MR) is 114 cm³/mol. The van der Waals surface area contributed by atoms with Gasteiger partial charge in [-0.15, -0.1) is 0 Å². The molecule has 1 N–H and O–H groups in total. The van der Waals surface area contributed by atoms with Gasteiger partial charge in [-0.25, -0.2) is 4.98 Å². The third-order valence-corrected chi connectivity index (χ3v) is 5.42. The molecule has 0 atom stereocenters. The summed E-state index contributed by atoms with van der Waals surface area (Å²) in [4.78, 5) is 8.55. The van der Waals surface area contributed by atoms with Crippen LogP contribution in [0, 0.1) is 10.5 Å². The summed E-state index contributed by atoms with van der Waals surface area (Å²) in [5.74, 6) is 0.923. The predicted octanol–water partition coefficient (Wildman–Crippen LogP) is 6.45. The number of H-pyrrole nitrogens is 1. The van der Waals surface area contributed by atoms with Crippen LogP contribution in [-0.2, 0) is 0 Å². The quantitative estimate of drug-likeness (QED) is 0.238. The molecule has 0 radical (unpaired) electrons. The average molecular weight is 434 g/mol. The third-order valence-electron chi connectivity index (χ3n) is 4.75. The molecule has 4 aromatic carbocycles. The molecular weight excluding hydrogens is 419 g/mol. The first-order valence-corrected chi connectivity index (χ1v) is 9.35. The molecule has 0 bridgehead atoms. The van der Waals surface area contributed by atoms with E-state index in [0.717, 1.165) is 22.4 Å². The molecular formula is C22H15IN2. The first-order valence-electron chi connectivity index (χ1n) is 8.27. The van der Waals surface area contributed by atoms with E-state index < -0.39 is 0 Å². The van der Waals surface area contributed by atoms with E-state index in [1.165, 1.54) is 30.7 Å². The van der Waals surface area contributed by atoms with Crippen LogP contribution in [0.3, 0.4) is 0 Å². The Morgan fingerprint density at radius 2 is 1.52 bits per heavy atom. The maximum absolute atomic E-state index is 4.97. The molecule has 1 aromatic heterocycles. The van der Waals surface area contributed by atoms with Crippen molar-refractivity contribution < 1.29 is 0 Å².